The molecule has 0 atom stereocenters. The van der Waals surface area contributed by atoms with Gasteiger partial charge in [-0.25, -0.2) is 4.98 Å². The second-order valence-corrected chi connectivity index (χ2v) is 5.86. The fourth-order valence-corrected chi connectivity index (χ4v) is 1.93. The summed E-state index contributed by atoms with van der Waals surface area (Å²) >= 11 is 5.87. The van der Waals surface area contributed by atoms with E-state index in [1.807, 2.05) is 0 Å². The Balaban J connectivity index is 2.34. The lowest BCUT2D eigenvalue weighted by Gasteiger charge is -2.19. The SMILES string of the molecule is CC(C)(C)OC(=O)Cn1cnc2ccc(Cl)cc2c1=O. The molecule has 0 saturated carbocycles. The van der Waals surface area contributed by atoms with E-state index < -0.39 is 11.6 Å². The summed E-state index contributed by atoms with van der Waals surface area (Å²) in [5, 5.41) is 0.829. The average Bonchev–Trinajstić information content (AvgIpc) is 2.31. The molecule has 2 aromatic rings. The van der Waals surface area contributed by atoms with Crippen LogP contribution in [0.2, 0.25) is 5.02 Å². The minimum absolute atomic E-state index is 0.175. The second-order valence-electron chi connectivity index (χ2n) is 5.43. The zero-order chi connectivity index (χ0) is 14.9. The molecule has 1 aromatic heterocycles. The molecule has 0 unspecified atom stereocenters. The van der Waals surface area contributed by atoms with E-state index in [4.69, 9.17) is 16.3 Å². The maximum Gasteiger partial charge on any atom is 0.326 e. The third-order valence-corrected chi connectivity index (χ3v) is 2.74. The van der Waals surface area contributed by atoms with Crippen molar-refractivity contribution >= 4 is 28.5 Å². The zero-order valence-electron chi connectivity index (χ0n) is 11.5. The Morgan fingerprint density at radius 1 is 1.40 bits per heavy atom. The van der Waals surface area contributed by atoms with Crippen LogP contribution in [0.5, 0.6) is 0 Å². The van der Waals surface area contributed by atoms with Crippen molar-refractivity contribution in [1.82, 2.24) is 9.55 Å². The van der Waals surface area contributed by atoms with Gasteiger partial charge in [0.05, 0.1) is 17.2 Å². The summed E-state index contributed by atoms with van der Waals surface area (Å²) in [5.41, 5.74) is -0.364. The number of nitrogens with zero attached hydrogens (tertiary/aromatic N) is 2. The molecule has 0 radical (unpaired) electrons. The van der Waals surface area contributed by atoms with Crippen molar-refractivity contribution in [3.05, 3.63) is 39.9 Å². The molecule has 0 saturated heterocycles. The Hall–Kier alpha value is -1.88. The molecule has 0 N–H and O–H groups in total. The first-order valence-corrected chi connectivity index (χ1v) is 6.50. The normalized spacial score (nSPS) is 11.6. The van der Waals surface area contributed by atoms with Crippen LogP contribution >= 0.6 is 11.6 Å². The Labute approximate surface area is 121 Å². The van der Waals surface area contributed by atoms with E-state index in [9.17, 15) is 9.59 Å². The van der Waals surface area contributed by atoms with Gasteiger partial charge in [-0.3, -0.25) is 14.2 Å². The first-order valence-electron chi connectivity index (χ1n) is 6.13. The molecule has 0 aliphatic rings. The van der Waals surface area contributed by atoms with Gasteiger partial charge in [0, 0.05) is 5.02 Å². The molecule has 5 nitrogen and oxygen atoms in total. The van der Waals surface area contributed by atoms with Crippen LogP contribution in [-0.2, 0) is 16.1 Å². The Morgan fingerprint density at radius 2 is 2.10 bits per heavy atom. The van der Waals surface area contributed by atoms with Crippen LogP contribution in [-0.4, -0.2) is 21.1 Å². The third kappa shape index (κ3) is 3.36. The minimum atomic E-state index is -0.589. The molecular weight excluding hydrogens is 280 g/mol. The third-order valence-electron chi connectivity index (χ3n) is 2.51. The van der Waals surface area contributed by atoms with Gasteiger partial charge in [-0.05, 0) is 39.0 Å². The first-order chi connectivity index (χ1) is 9.26. The maximum atomic E-state index is 12.2. The van der Waals surface area contributed by atoms with Crippen molar-refractivity contribution in [2.24, 2.45) is 0 Å². The van der Waals surface area contributed by atoms with Crippen molar-refractivity contribution in [3.8, 4) is 0 Å². The molecule has 0 aliphatic heterocycles. The highest BCUT2D eigenvalue weighted by molar-refractivity contribution is 6.31. The fourth-order valence-electron chi connectivity index (χ4n) is 1.76. The Kier molecular flexibility index (Phi) is 3.81. The lowest BCUT2D eigenvalue weighted by molar-refractivity contribution is -0.155. The highest BCUT2D eigenvalue weighted by Crippen LogP contribution is 2.14. The maximum absolute atomic E-state index is 12.2. The monoisotopic (exact) mass is 294 g/mol. The number of aromatic nitrogens is 2. The molecular formula is C14H15ClN2O3. The highest BCUT2D eigenvalue weighted by atomic mass is 35.5. The van der Waals surface area contributed by atoms with Crippen LogP contribution in [0.4, 0.5) is 0 Å². The predicted molar refractivity (Wildman–Crippen MR) is 76.9 cm³/mol. The van der Waals surface area contributed by atoms with Gasteiger partial charge in [0.15, 0.2) is 0 Å². The van der Waals surface area contributed by atoms with Gasteiger partial charge in [0.25, 0.3) is 5.56 Å². The van der Waals surface area contributed by atoms with E-state index >= 15 is 0 Å². The predicted octanol–water partition coefficient (Wildman–Crippen LogP) is 2.39. The number of carbonyl (C=O) groups is 1. The largest absolute Gasteiger partial charge is 0.459 e. The molecule has 6 heteroatoms. The molecule has 0 amide bonds. The zero-order valence-corrected chi connectivity index (χ0v) is 12.3. The van der Waals surface area contributed by atoms with E-state index in [1.165, 1.54) is 17.0 Å². The van der Waals surface area contributed by atoms with Crippen molar-refractivity contribution < 1.29 is 9.53 Å². The van der Waals surface area contributed by atoms with Gasteiger partial charge in [0.2, 0.25) is 0 Å². The van der Waals surface area contributed by atoms with Gasteiger partial charge < -0.3 is 4.74 Å². The van der Waals surface area contributed by atoms with Gasteiger partial charge >= 0.3 is 5.97 Å². The van der Waals surface area contributed by atoms with E-state index in [0.717, 1.165) is 0 Å². The Bertz CT molecular complexity index is 716. The summed E-state index contributed by atoms with van der Waals surface area (Å²) in [7, 11) is 0. The quantitative estimate of drug-likeness (QED) is 0.798. The lowest BCUT2D eigenvalue weighted by atomic mass is 10.2. The van der Waals surface area contributed by atoms with Crippen molar-refractivity contribution in [2.45, 2.75) is 32.9 Å². The minimum Gasteiger partial charge on any atom is -0.459 e. The Morgan fingerprint density at radius 3 is 2.75 bits per heavy atom. The standard InChI is InChI=1S/C14H15ClN2O3/c1-14(2,3)20-12(18)7-17-8-16-11-5-4-9(15)6-10(11)13(17)19/h4-6,8H,7H2,1-3H3. The number of esters is 1. The summed E-state index contributed by atoms with van der Waals surface area (Å²) in [6, 6.07) is 4.86. The lowest BCUT2D eigenvalue weighted by Crippen LogP contribution is -2.30. The molecule has 106 valence electrons. The van der Waals surface area contributed by atoms with Crippen molar-refractivity contribution in [1.29, 1.82) is 0 Å². The number of halogens is 1. The molecule has 0 fully saturated rings. The van der Waals surface area contributed by atoms with Crippen LogP contribution < -0.4 is 5.56 Å². The van der Waals surface area contributed by atoms with Crippen LogP contribution in [0.25, 0.3) is 10.9 Å². The number of hydrogen-bond acceptors (Lipinski definition) is 4. The molecule has 1 aromatic carbocycles. The fraction of sp³-hybridized carbons (Fsp3) is 0.357. The number of carbonyl (C=O) groups excluding carboxylic acids is 1. The van der Waals surface area contributed by atoms with E-state index in [2.05, 4.69) is 4.98 Å². The van der Waals surface area contributed by atoms with Gasteiger partial charge in [0.1, 0.15) is 12.1 Å². The highest BCUT2D eigenvalue weighted by Gasteiger charge is 2.17. The number of benzene rings is 1. The summed E-state index contributed by atoms with van der Waals surface area (Å²) in [6.07, 6.45) is 1.34. The van der Waals surface area contributed by atoms with Gasteiger partial charge in [-0.1, -0.05) is 11.6 Å². The summed E-state index contributed by atoms with van der Waals surface area (Å²) in [6.45, 7) is 5.13. The van der Waals surface area contributed by atoms with Crippen molar-refractivity contribution in [3.63, 3.8) is 0 Å². The number of rotatable bonds is 2. The van der Waals surface area contributed by atoms with Crippen LogP contribution in [0.15, 0.2) is 29.3 Å². The molecule has 0 aliphatic carbocycles. The molecule has 2 rings (SSSR count). The average molecular weight is 295 g/mol. The van der Waals surface area contributed by atoms with Gasteiger partial charge in [-0.2, -0.15) is 0 Å². The van der Waals surface area contributed by atoms with E-state index in [-0.39, 0.29) is 12.1 Å². The number of ether oxygens (including phenoxy) is 1. The first kappa shape index (κ1) is 14.5. The number of hydrogen-bond donors (Lipinski definition) is 0. The molecule has 1 heterocycles. The topological polar surface area (TPSA) is 61.2 Å². The molecule has 20 heavy (non-hydrogen) atoms. The van der Waals surface area contributed by atoms with Crippen LogP contribution in [0.1, 0.15) is 20.8 Å². The van der Waals surface area contributed by atoms with E-state index in [0.29, 0.717) is 15.9 Å². The summed E-state index contributed by atoms with van der Waals surface area (Å²) < 4.78 is 6.39. The van der Waals surface area contributed by atoms with E-state index in [1.54, 1.807) is 32.9 Å². The number of fused-ring (bicyclic) bond motifs is 1. The van der Waals surface area contributed by atoms with Gasteiger partial charge in [-0.15, -0.1) is 0 Å². The molecule has 0 bridgehead atoms. The van der Waals surface area contributed by atoms with Crippen LogP contribution in [0, 0.1) is 0 Å². The smallest absolute Gasteiger partial charge is 0.326 e. The summed E-state index contributed by atoms with van der Waals surface area (Å²) in [4.78, 5) is 28.1. The molecule has 0 spiro atoms. The second kappa shape index (κ2) is 5.25. The summed E-state index contributed by atoms with van der Waals surface area (Å²) in [5.74, 6) is -0.484. The van der Waals surface area contributed by atoms with Crippen LogP contribution in [0.3, 0.4) is 0 Å². The van der Waals surface area contributed by atoms with Crippen molar-refractivity contribution in [2.75, 3.05) is 0 Å².